The Balaban J connectivity index is 1.81. The van der Waals surface area contributed by atoms with Gasteiger partial charge in [-0.15, -0.1) is 0 Å². The first kappa shape index (κ1) is 21.4. The van der Waals surface area contributed by atoms with Crippen LogP contribution in [0.25, 0.3) is 0 Å². The second-order valence-electron chi connectivity index (χ2n) is 6.88. The lowest BCUT2D eigenvalue weighted by Crippen LogP contribution is -2.40. The maximum atomic E-state index is 12.5. The fourth-order valence-electron chi connectivity index (χ4n) is 3.01. The standard InChI is InChI=1S/C20H27N3O5/c1-2-11-21-17(24)7-8-18(25)22-16-5-3-14(4-6-16)19(26)23-12-9-15(10-13-23)20(27)28/h3-6,15H,2,7-13H2,1H3,(H,21,24)(H,22,25)(H,27,28). The van der Waals surface area contributed by atoms with Gasteiger partial charge in [0.05, 0.1) is 5.92 Å². The number of likely N-dealkylation sites (tertiary alicyclic amines) is 1. The lowest BCUT2D eigenvalue weighted by molar-refractivity contribution is -0.143. The summed E-state index contributed by atoms with van der Waals surface area (Å²) in [4.78, 5) is 48.6. The maximum Gasteiger partial charge on any atom is 0.306 e. The molecule has 1 aromatic carbocycles. The molecule has 3 amide bonds. The summed E-state index contributed by atoms with van der Waals surface area (Å²) in [5, 5.41) is 14.5. The van der Waals surface area contributed by atoms with Gasteiger partial charge in [0, 0.05) is 43.7 Å². The molecule has 3 N–H and O–H groups in total. The molecule has 0 aromatic heterocycles. The van der Waals surface area contributed by atoms with Crippen LogP contribution in [0, 0.1) is 5.92 Å². The minimum absolute atomic E-state index is 0.0920. The van der Waals surface area contributed by atoms with E-state index in [1.807, 2.05) is 6.92 Å². The van der Waals surface area contributed by atoms with Crippen LogP contribution in [0.4, 0.5) is 5.69 Å². The van der Waals surface area contributed by atoms with Gasteiger partial charge in [-0.25, -0.2) is 0 Å². The van der Waals surface area contributed by atoms with Gasteiger partial charge in [0.1, 0.15) is 0 Å². The number of rotatable bonds is 8. The van der Waals surface area contributed by atoms with E-state index in [0.717, 1.165) is 6.42 Å². The number of hydrogen-bond acceptors (Lipinski definition) is 4. The molecule has 8 nitrogen and oxygen atoms in total. The van der Waals surface area contributed by atoms with E-state index >= 15 is 0 Å². The number of carbonyl (C=O) groups is 4. The van der Waals surface area contributed by atoms with Crippen LogP contribution in [-0.2, 0) is 14.4 Å². The first-order chi connectivity index (χ1) is 13.4. The Morgan fingerprint density at radius 3 is 2.21 bits per heavy atom. The topological polar surface area (TPSA) is 116 Å². The predicted molar refractivity (Wildman–Crippen MR) is 104 cm³/mol. The van der Waals surface area contributed by atoms with Crippen LogP contribution in [0.3, 0.4) is 0 Å². The second-order valence-corrected chi connectivity index (χ2v) is 6.88. The Labute approximate surface area is 164 Å². The molecule has 1 saturated heterocycles. The fraction of sp³-hybridized carbons (Fsp3) is 0.500. The van der Waals surface area contributed by atoms with Crippen molar-refractivity contribution in [1.29, 1.82) is 0 Å². The summed E-state index contributed by atoms with van der Waals surface area (Å²) in [6.07, 6.45) is 1.99. The van der Waals surface area contributed by atoms with Gasteiger partial charge in [0.2, 0.25) is 11.8 Å². The highest BCUT2D eigenvalue weighted by molar-refractivity contribution is 5.96. The molecule has 0 atom stereocenters. The molecular weight excluding hydrogens is 362 g/mol. The van der Waals surface area contributed by atoms with Crippen molar-refractivity contribution in [3.63, 3.8) is 0 Å². The highest BCUT2D eigenvalue weighted by atomic mass is 16.4. The van der Waals surface area contributed by atoms with Gasteiger partial charge in [0.25, 0.3) is 5.91 Å². The highest BCUT2D eigenvalue weighted by Crippen LogP contribution is 2.20. The first-order valence-electron chi connectivity index (χ1n) is 9.59. The number of nitrogens with one attached hydrogen (secondary N) is 2. The minimum atomic E-state index is -0.810. The third-order valence-electron chi connectivity index (χ3n) is 4.70. The van der Waals surface area contributed by atoms with Gasteiger partial charge in [-0.05, 0) is 43.5 Å². The summed E-state index contributed by atoms with van der Waals surface area (Å²) in [7, 11) is 0. The average molecular weight is 389 g/mol. The summed E-state index contributed by atoms with van der Waals surface area (Å²) in [5.74, 6) is -1.75. The molecule has 28 heavy (non-hydrogen) atoms. The van der Waals surface area contributed by atoms with Gasteiger partial charge >= 0.3 is 5.97 Å². The fourth-order valence-corrected chi connectivity index (χ4v) is 3.01. The van der Waals surface area contributed by atoms with Crippen molar-refractivity contribution in [1.82, 2.24) is 10.2 Å². The Morgan fingerprint density at radius 2 is 1.64 bits per heavy atom. The van der Waals surface area contributed by atoms with Gasteiger partial charge in [-0.2, -0.15) is 0 Å². The molecule has 0 saturated carbocycles. The van der Waals surface area contributed by atoms with E-state index in [-0.39, 0.29) is 36.5 Å². The smallest absolute Gasteiger partial charge is 0.306 e. The predicted octanol–water partition coefficient (Wildman–Crippen LogP) is 1.87. The van der Waals surface area contributed by atoms with Crippen molar-refractivity contribution in [2.45, 2.75) is 39.0 Å². The SMILES string of the molecule is CCCNC(=O)CCC(=O)Nc1ccc(C(=O)N2CCC(C(=O)O)CC2)cc1. The number of carbonyl (C=O) groups excluding carboxylic acids is 3. The van der Waals surface area contributed by atoms with E-state index in [0.29, 0.717) is 43.7 Å². The van der Waals surface area contributed by atoms with E-state index in [1.165, 1.54) is 0 Å². The van der Waals surface area contributed by atoms with E-state index in [1.54, 1.807) is 29.2 Å². The molecule has 1 fully saturated rings. The molecule has 2 rings (SSSR count). The molecule has 152 valence electrons. The minimum Gasteiger partial charge on any atom is -0.481 e. The van der Waals surface area contributed by atoms with Crippen molar-refractivity contribution in [2.75, 3.05) is 25.0 Å². The number of piperidine rings is 1. The number of anilines is 1. The molecule has 0 bridgehead atoms. The summed E-state index contributed by atoms with van der Waals surface area (Å²) < 4.78 is 0. The van der Waals surface area contributed by atoms with Gasteiger partial charge < -0.3 is 20.6 Å². The van der Waals surface area contributed by atoms with Crippen LogP contribution in [0.5, 0.6) is 0 Å². The molecule has 0 spiro atoms. The highest BCUT2D eigenvalue weighted by Gasteiger charge is 2.27. The number of amides is 3. The molecular formula is C20H27N3O5. The van der Waals surface area contributed by atoms with Crippen LogP contribution in [-0.4, -0.2) is 53.3 Å². The van der Waals surface area contributed by atoms with Crippen LogP contribution < -0.4 is 10.6 Å². The summed E-state index contributed by atoms with van der Waals surface area (Å²) in [6.45, 7) is 3.41. The molecule has 1 aliphatic heterocycles. The lowest BCUT2D eigenvalue weighted by Gasteiger charge is -2.30. The second kappa shape index (κ2) is 10.4. The average Bonchev–Trinajstić information content (AvgIpc) is 2.70. The third-order valence-corrected chi connectivity index (χ3v) is 4.70. The molecule has 1 heterocycles. The number of aliphatic carboxylic acids is 1. The maximum absolute atomic E-state index is 12.5. The number of nitrogens with zero attached hydrogens (tertiary/aromatic N) is 1. The number of hydrogen-bond donors (Lipinski definition) is 3. The normalized spacial score (nSPS) is 14.4. The van der Waals surface area contributed by atoms with Gasteiger partial charge in [-0.1, -0.05) is 6.92 Å². The zero-order valence-corrected chi connectivity index (χ0v) is 16.1. The van der Waals surface area contributed by atoms with Crippen molar-refractivity contribution in [3.8, 4) is 0 Å². The van der Waals surface area contributed by atoms with Crippen LogP contribution in [0.1, 0.15) is 49.4 Å². The van der Waals surface area contributed by atoms with Crippen molar-refractivity contribution in [3.05, 3.63) is 29.8 Å². The molecule has 0 unspecified atom stereocenters. The van der Waals surface area contributed by atoms with Crippen molar-refractivity contribution < 1.29 is 24.3 Å². The van der Waals surface area contributed by atoms with E-state index in [2.05, 4.69) is 10.6 Å². The summed E-state index contributed by atoms with van der Waals surface area (Å²) >= 11 is 0. The molecule has 0 radical (unpaired) electrons. The van der Waals surface area contributed by atoms with Crippen LogP contribution in [0.15, 0.2) is 24.3 Å². The van der Waals surface area contributed by atoms with Gasteiger partial charge in [-0.3, -0.25) is 19.2 Å². The Hall–Kier alpha value is -2.90. The lowest BCUT2D eigenvalue weighted by atomic mass is 9.96. The van der Waals surface area contributed by atoms with Gasteiger partial charge in [0.15, 0.2) is 0 Å². The van der Waals surface area contributed by atoms with E-state index in [9.17, 15) is 19.2 Å². The quantitative estimate of drug-likeness (QED) is 0.628. The number of carboxylic acid groups (broad SMARTS) is 1. The summed E-state index contributed by atoms with van der Waals surface area (Å²) in [5.41, 5.74) is 1.05. The molecule has 1 aromatic rings. The Kier molecular flexibility index (Phi) is 7.98. The Bertz CT molecular complexity index is 709. The third kappa shape index (κ3) is 6.37. The molecule has 1 aliphatic rings. The van der Waals surface area contributed by atoms with E-state index in [4.69, 9.17) is 5.11 Å². The molecule has 8 heteroatoms. The van der Waals surface area contributed by atoms with Crippen molar-refractivity contribution >= 4 is 29.4 Å². The Morgan fingerprint density at radius 1 is 1.04 bits per heavy atom. The number of benzene rings is 1. The monoisotopic (exact) mass is 389 g/mol. The number of carboxylic acids is 1. The van der Waals surface area contributed by atoms with Crippen molar-refractivity contribution in [2.24, 2.45) is 5.92 Å². The van der Waals surface area contributed by atoms with Crippen LogP contribution >= 0.6 is 0 Å². The van der Waals surface area contributed by atoms with E-state index < -0.39 is 5.97 Å². The molecule has 0 aliphatic carbocycles. The summed E-state index contributed by atoms with van der Waals surface area (Å²) in [6, 6.07) is 6.56. The first-order valence-corrected chi connectivity index (χ1v) is 9.59. The van der Waals surface area contributed by atoms with Crippen LogP contribution in [0.2, 0.25) is 0 Å². The zero-order valence-electron chi connectivity index (χ0n) is 16.1. The zero-order chi connectivity index (χ0) is 20.5. The largest absolute Gasteiger partial charge is 0.481 e.